The Morgan fingerprint density at radius 3 is 2.38 bits per heavy atom. The first-order chi connectivity index (χ1) is 7.59. The monoisotopic (exact) mass is 221 g/mol. The Bertz CT molecular complexity index is 395. The molecule has 2 rings (SSSR count). The summed E-state index contributed by atoms with van der Waals surface area (Å²) in [7, 11) is 1.70. The second kappa shape index (κ2) is 3.88. The molecule has 1 aromatic rings. The van der Waals surface area contributed by atoms with Crippen LogP contribution in [0.5, 0.6) is 0 Å². The zero-order valence-corrected chi connectivity index (χ0v) is 9.14. The van der Waals surface area contributed by atoms with Gasteiger partial charge in [-0.15, -0.1) is 0 Å². The predicted octanol–water partition coefficient (Wildman–Crippen LogP) is 1.41. The minimum absolute atomic E-state index is 0.133. The number of hydrogen-bond donors (Lipinski definition) is 2. The van der Waals surface area contributed by atoms with Crippen molar-refractivity contribution in [2.24, 2.45) is 5.73 Å². The van der Waals surface area contributed by atoms with Crippen molar-refractivity contribution in [3.63, 3.8) is 0 Å². The number of methoxy groups -OCH3 is 1. The first-order valence-electron chi connectivity index (χ1n) is 5.23. The van der Waals surface area contributed by atoms with Gasteiger partial charge in [-0.1, -0.05) is 24.3 Å². The number of ether oxygens (including phenoxy) is 1. The lowest BCUT2D eigenvalue weighted by molar-refractivity contribution is -0.138. The normalized spacial score (nSPS) is 19.1. The van der Waals surface area contributed by atoms with Gasteiger partial charge in [-0.05, 0) is 24.0 Å². The van der Waals surface area contributed by atoms with Gasteiger partial charge in [0.1, 0.15) is 6.04 Å². The van der Waals surface area contributed by atoms with Crippen LogP contribution >= 0.6 is 0 Å². The first-order valence-corrected chi connectivity index (χ1v) is 5.23. The number of aliphatic carboxylic acids is 1. The number of nitrogens with two attached hydrogens (primary N) is 1. The van der Waals surface area contributed by atoms with Crippen molar-refractivity contribution in [3.05, 3.63) is 35.4 Å². The van der Waals surface area contributed by atoms with Crippen LogP contribution in [-0.4, -0.2) is 18.2 Å². The highest BCUT2D eigenvalue weighted by molar-refractivity contribution is 5.75. The number of carboxylic acids is 1. The molecule has 1 saturated carbocycles. The van der Waals surface area contributed by atoms with Crippen molar-refractivity contribution in [1.82, 2.24) is 0 Å². The molecule has 16 heavy (non-hydrogen) atoms. The second-order valence-electron chi connectivity index (χ2n) is 4.14. The van der Waals surface area contributed by atoms with E-state index in [2.05, 4.69) is 0 Å². The standard InChI is InChI=1S/C12H15NO3/c1-16-12(6-7-12)9-4-2-8(3-5-9)10(13)11(14)15/h2-5,10H,6-7,13H2,1H3,(H,14,15). The summed E-state index contributed by atoms with van der Waals surface area (Å²) in [6.07, 6.45) is 2.04. The van der Waals surface area contributed by atoms with Crippen molar-refractivity contribution in [2.75, 3.05) is 7.11 Å². The number of carboxylic acid groups (broad SMARTS) is 1. The third-order valence-corrected chi connectivity index (χ3v) is 3.16. The minimum atomic E-state index is -1.01. The van der Waals surface area contributed by atoms with Gasteiger partial charge in [-0.25, -0.2) is 0 Å². The van der Waals surface area contributed by atoms with Crippen molar-refractivity contribution in [3.8, 4) is 0 Å². The zero-order valence-electron chi connectivity index (χ0n) is 9.14. The van der Waals surface area contributed by atoms with Crippen molar-refractivity contribution >= 4 is 5.97 Å². The van der Waals surface area contributed by atoms with Gasteiger partial charge in [0.05, 0.1) is 5.60 Å². The molecule has 0 bridgehead atoms. The van der Waals surface area contributed by atoms with Crippen molar-refractivity contribution in [2.45, 2.75) is 24.5 Å². The van der Waals surface area contributed by atoms with E-state index in [1.165, 1.54) is 0 Å². The van der Waals surface area contributed by atoms with Gasteiger partial charge in [-0.2, -0.15) is 0 Å². The quantitative estimate of drug-likeness (QED) is 0.806. The van der Waals surface area contributed by atoms with Crippen LogP contribution in [0.3, 0.4) is 0 Å². The maximum Gasteiger partial charge on any atom is 0.325 e. The molecule has 3 N–H and O–H groups in total. The highest BCUT2D eigenvalue weighted by Crippen LogP contribution is 2.48. The zero-order chi connectivity index (χ0) is 11.8. The predicted molar refractivity (Wildman–Crippen MR) is 58.9 cm³/mol. The van der Waals surface area contributed by atoms with Crippen molar-refractivity contribution in [1.29, 1.82) is 0 Å². The minimum Gasteiger partial charge on any atom is -0.480 e. The Kier molecular flexibility index (Phi) is 2.69. The molecule has 0 amide bonds. The summed E-state index contributed by atoms with van der Waals surface area (Å²) in [6.45, 7) is 0. The Labute approximate surface area is 94.0 Å². The molecule has 1 atom stereocenters. The summed E-state index contributed by atoms with van der Waals surface area (Å²) in [4.78, 5) is 10.7. The molecular weight excluding hydrogens is 206 g/mol. The average molecular weight is 221 g/mol. The summed E-state index contributed by atoms with van der Waals surface area (Å²) < 4.78 is 5.44. The van der Waals surface area contributed by atoms with Gasteiger partial charge in [0.2, 0.25) is 0 Å². The van der Waals surface area contributed by atoms with Crippen LogP contribution in [0.25, 0.3) is 0 Å². The van der Waals surface area contributed by atoms with E-state index in [1.54, 1.807) is 19.2 Å². The van der Waals surface area contributed by atoms with E-state index in [4.69, 9.17) is 15.6 Å². The summed E-state index contributed by atoms with van der Waals surface area (Å²) >= 11 is 0. The second-order valence-corrected chi connectivity index (χ2v) is 4.14. The maximum atomic E-state index is 10.7. The van der Waals surface area contributed by atoms with Crippen molar-refractivity contribution < 1.29 is 14.6 Å². The van der Waals surface area contributed by atoms with E-state index in [1.807, 2.05) is 12.1 Å². The molecule has 1 aliphatic rings. The Balaban J connectivity index is 2.20. The first kappa shape index (κ1) is 11.1. The number of rotatable bonds is 4. The molecule has 0 radical (unpaired) electrons. The van der Waals surface area contributed by atoms with E-state index >= 15 is 0 Å². The van der Waals surface area contributed by atoms with Crippen LogP contribution in [0, 0.1) is 0 Å². The molecule has 0 heterocycles. The van der Waals surface area contributed by atoms with Gasteiger partial charge < -0.3 is 15.6 Å². The number of carbonyl (C=O) groups is 1. The van der Waals surface area contributed by atoms with Crippen LogP contribution < -0.4 is 5.73 Å². The number of benzene rings is 1. The summed E-state index contributed by atoms with van der Waals surface area (Å²) in [5.41, 5.74) is 7.09. The SMILES string of the molecule is COC1(c2ccc(C(N)C(=O)O)cc2)CC1. The molecule has 4 nitrogen and oxygen atoms in total. The molecule has 0 aromatic heterocycles. The largest absolute Gasteiger partial charge is 0.480 e. The van der Waals surface area contributed by atoms with Gasteiger partial charge in [0.25, 0.3) is 0 Å². The van der Waals surface area contributed by atoms with Gasteiger partial charge >= 0.3 is 5.97 Å². The third kappa shape index (κ3) is 1.81. The Morgan fingerprint density at radius 1 is 1.44 bits per heavy atom. The van der Waals surface area contributed by atoms with Crippen LogP contribution in [0.4, 0.5) is 0 Å². The van der Waals surface area contributed by atoms with E-state index in [9.17, 15) is 4.79 Å². The van der Waals surface area contributed by atoms with Gasteiger partial charge in [0, 0.05) is 7.11 Å². The highest BCUT2D eigenvalue weighted by atomic mass is 16.5. The van der Waals surface area contributed by atoms with E-state index in [0.717, 1.165) is 18.4 Å². The van der Waals surface area contributed by atoms with Gasteiger partial charge in [0.15, 0.2) is 0 Å². The molecular formula is C12H15NO3. The maximum absolute atomic E-state index is 10.7. The third-order valence-electron chi connectivity index (χ3n) is 3.16. The summed E-state index contributed by atoms with van der Waals surface area (Å²) in [6, 6.07) is 6.36. The lowest BCUT2D eigenvalue weighted by Crippen LogP contribution is -2.20. The van der Waals surface area contributed by atoms with Crippen LogP contribution in [0.15, 0.2) is 24.3 Å². The van der Waals surface area contributed by atoms with Gasteiger partial charge in [-0.3, -0.25) is 4.79 Å². The lowest BCUT2D eigenvalue weighted by Gasteiger charge is -2.14. The Hall–Kier alpha value is -1.39. The molecule has 1 fully saturated rings. The Morgan fingerprint density at radius 2 is 2.00 bits per heavy atom. The molecule has 86 valence electrons. The fourth-order valence-corrected chi connectivity index (χ4v) is 1.86. The fourth-order valence-electron chi connectivity index (χ4n) is 1.86. The van der Waals surface area contributed by atoms with Crippen LogP contribution in [0.1, 0.15) is 30.0 Å². The summed E-state index contributed by atoms with van der Waals surface area (Å²) in [5.74, 6) is -1.01. The molecule has 0 aliphatic heterocycles. The van der Waals surface area contributed by atoms with Crippen LogP contribution in [-0.2, 0) is 15.1 Å². The lowest BCUT2D eigenvalue weighted by atomic mass is 10.0. The molecule has 0 saturated heterocycles. The topological polar surface area (TPSA) is 72.5 Å². The molecule has 1 unspecified atom stereocenters. The molecule has 0 spiro atoms. The number of hydrogen-bond acceptors (Lipinski definition) is 3. The fraction of sp³-hybridized carbons (Fsp3) is 0.417. The average Bonchev–Trinajstić information content (AvgIpc) is 3.09. The molecule has 1 aromatic carbocycles. The highest BCUT2D eigenvalue weighted by Gasteiger charge is 2.44. The smallest absolute Gasteiger partial charge is 0.325 e. The van der Waals surface area contributed by atoms with Crippen LogP contribution in [0.2, 0.25) is 0 Å². The van der Waals surface area contributed by atoms with E-state index in [0.29, 0.717) is 5.56 Å². The van der Waals surface area contributed by atoms with E-state index in [-0.39, 0.29) is 5.60 Å². The summed E-state index contributed by atoms with van der Waals surface area (Å²) in [5, 5.41) is 8.77. The molecule has 1 aliphatic carbocycles. The molecule has 4 heteroatoms. The van der Waals surface area contributed by atoms with E-state index < -0.39 is 12.0 Å².